The fourth-order valence-corrected chi connectivity index (χ4v) is 3.63. The third-order valence-electron chi connectivity index (χ3n) is 4.02. The lowest BCUT2D eigenvalue weighted by molar-refractivity contribution is 0.472. The highest BCUT2D eigenvalue weighted by Crippen LogP contribution is 2.23. The van der Waals surface area contributed by atoms with Gasteiger partial charge < -0.3 is 14.1 Å². The molecule has 4 rings (SSSR count). The number of aromatic hydroxyl groups is 1. The van der Waals surface area contributed by atoms with Crippen LogP contribution in [-0.2, 0) is 6.54 Å². The summed E-state index contributed by atoms with van der Waals surface area (Å²) in [6.45, 7) is 0.278. The van der Waals surface area contributed by atoms with E-state index < -0.39 is 16.7 Å². The Bertz CT molecular complexity index is 1230. The van der Waals surface area contributed by atoms with Crippen molar-refractivity contribution >= 4 is 28.5 Å². The number of benzene rings is 1. The first kappa shape index (κ1) is 16.6. The maximum atomic E-state index is 12.8. The van der Waals surface area contributed by atoms with E-state index >= 15 is 0 Å². The van der Waals surface area contributed by atoms with Crippen LogP contribution in [0, 0.1) is 0 Å². The van der Waals surface area contributed by atoms with Crippen LogP contribution < -0.4 is 11.0 Å². The van der Waals surface area contributed by atoms with Crippen LogP contribution in [0.15, 0.2) is 64.2 Å². The second kappa shape index (κ2) is 6.44. The van der Waals surface area contributed by atoms with E-state index in [9.17, 15) is 14.7 Å². The van der Waals surface area contributed by atoms with Crippen LogP contribution in [0.1, 0.15) is 5.56 Å². The monoisotopic (exact) mass is 385 g/mol. The predicted molar refractivity (Wildman–Crippen MR) is 101 cm³/mol. The molecule has 0 spiro atoms. The molecule has 1 aromatic carbocycles. The van der Waals surface area contributed by atoms with Gasteiger partial charge in [0, 0.05) is 29.8 Å². The zero-order valence-electron chi connectivity index (χ0n) is 13.3. The van der Waals surface area contributed by atoms with Gasteiger partial charge >= 0.3 is 0 Å². The Hall–Kier alpha value is -2.90. The molecule has 8 heteroatoms. The van der Waals surface area contributed by atoms with Crippen molar-refractivity contribution in [2.45, 2.75) is 6.54 Å². The first-order chi connectivity index (χ1) is 12.5. The molecule has 0 aliphatic carbocycles. The highest BCUT2D eigenvalue weighted by atomic mass is 35.5. The number of hydrogen-bond acceptors (Lipinski definition) is 5. The molecule has 0 aliphatic heterocycles. The Balaban J connectivity index is 1.88. The minimum absolute atomic E-state index is 0.0622. The molecule has 0 atom stereocenters. The average molecular weight is 386 g/mol. The first-order valence-electron chi connectivity index (χ1n) is 7.65. The van der Waals surface area contributed by atoms with Gasteiger partial charge in [-0.25, -0.2) is 0 Å². The molecule has 0 fully saturated rings. The van der Waals surface area contributed by atoms with Gasteiger partial charge in [0.15, 0.2) is 11.3 Å². The van der Waals surface area contributed by atoms with E-state index in [0.29, 0.717) is 15.5 Å². The molecule has 6 nitrogen and oxygen atoms in total. The van der Waals surface area contributed by atoms with E-state index in [1.165, 1.54) is 26.5 Å². The van der Waals surface area contributed by atoms with Crippen LogP contribution in [0.2, 0.25) is 5.02 Å². The van der Waals surface area contributed by atoms with Gasteiger partial charge in [-0.15, -0.1) is 11.3 Å². The average Bonchev–Trinajstić information content (AvgIpc) is 3.14. The molecule has 0 bridgehead atoms. The molecule has 3 heterocycles. The Morgan fingerprint density at radius 1 is 1.23 bits per heavy atom. The number of aromatic nitrogens is 3. The standard InChI is InChI=1S/C18H12ClN3O3S/c19-12-3-1-2-11(6-12)8-22-5-4-21-9-13(14-7-20-10-26-14)16(23)17(24)15(21)18(22)25/h1-7,9-10,24H,8H2. The van der Waals surface area contributed by atoms with E-state index in [2.05, 4.69) is 4.98 Å². The van der Waals surface area contributed by atoms with E-state index in [1.54, 1.807) is 42.3 Å². The highest BCUT2D eigenvalue weighted by molar-refractivity contribution is 7.13. The third kappa shape index (κ3) is 2.81. The van der Waals surface area contributed by atoms with Gasteiger partial charge in [-0.05, 0) is 17.7 Å². The Morgan fingerprint density at radius 2 is 2.08 bits per heavy atom. The van der Waals surface area contributed by atoms with Crippen molar-refractivity contribution in [3.63, 3.8) is 0 Å². The third-order valence-corrected chi connectivity index (χ3v) is 5.06. The molecule has 130 valence electrons. The minimum Gasteiger partial charge on any atom is -0.503 e. The topological polar surface area (TPSA) is 76.6 Å². The van der Waals surface area contributed by atoms with Crippen molar-refractivity contribution in [3.8, 4) is 16.2 Å². The molecule has 0 saturated carbocycles. The quantitative estimate of drug-likeness (QED) is 0.588. The first-order valence-corrected chi connectivity index (χ1v) is 8.91. The lowest BCUT2D eigenvalue weighted by Crippen LogP contribution is -2.24. The van der Waals surface area contributed by atoms with Crippen LogP contribution in [0.5, 0.6) is 5.75 Å². The molecule has 0 saturated heterocycles. The van der Waals surface area contributed by atoms with E-state index in [-0.39, 0.29) is 12.1 Å². The van der Waals surface area contributed by atoms with Crippen molar-refractivity contribution in [2.24, 2.45) is 0 Å². The van der Waals surface area contributed by atoms with Crippen molar-refractivity contribution < 1.29 is 5.11 Å². The van der Waals surface area contributed by atoms with E-state index in [4.69, 9.17) is 11.6 Å². The summed E-state index contributed by atoms with van der Waals surface area (Å²) in [6, 6.07) is 7.16. The summed E-state index contributed by atoms with van der Waals surface area (Å²) in [5.74, 6) is -0.568. The summed E-state index contributed by atoms with van der Waals surface area (Å²) in [5.41, 5.74) is 1.63. The lowest BCUT2D eigenvalue weighted by atomic mass is 10.2. The van der Waals surface area contributed by atoms with Crippen molar-refractivity contribution in [1.82, 2.24) is 14.0 Å². The van der Waals surface area contributed by atoms with Gasteiger partial charge in [0.05, 0.1) is 22.5 Å². The second-order valence-electron chi connectivity index (χ2n) is 5.70. The summed E-state index contributed by atoms with van der Waals surface area (Å²) in [6.07, 6.45) is 6.32. The van der Waals surface area contributed by atoms with Crippen LogP contribution in [-0.4, -0.2) is 19.1 Å². The van der Waals surface area contributed by atoms with Gasteiger partial charge in [0.25, 0.3) is 5.56 Å². The summed E-state index contributed by atoms with van der Waals surface area (Å²) in [7, 11) is 0. The number of pyridine rings is 1. The fourth-order valence-electron chi connectivity index (χ4n) is 2.79. The van der Waals surface area contributed by atoms with Crippen molar-refractivity contribution in [2.75, 3.05) is 0 Å². The van der Waals surface area contributed by atoms with Gasteiger partial charge in [-0.1, -0.05) is 23.7 Å². The van der Waals surface area contributed by atoms with Gasteiger partial charge in [0.1, 0.15) is 0 Å². The zero-order valence-corrected chi connectivity index (χ0v) is 14.9. The molecule has 1 N–H and O–H groups in total. The normalized spacial score (nSPS) is 11.1. The van der Waals surface area contributed by atoms with Gasteiger partial charge in [-0.3, -0.25) is 14.6 Å². The molecule has 3 aromatic heterocycles. The predicted octanol–water partition coefficient (Wildman–Crippen LogP) is 2.99. The summed E-state index contributed by atoms with van der Waals surface area (Å²) < 4.78 is 2.88. The minimum atomic E-state index is -0.591. The van der Waals surface area contributed by atoms with E-state index in [1.807, 2.05) is 6.07 Å². The number of hydrogen-bond donors (Lipinski definition) is 1. The number of nitrogens with zero attached hydrogens (tertiary/aromatic N) is 3. The van der Waals surface area contributed by atoms with Crippen LogP contribution in [0.25, 0.3) is 16.0 Å². The molecule has 4 aromatic rings. The maximum absolute atomic E-state index is 12.8. The van der Waals surface area contributed by atoms with Gasteiger partial charge in [-0.2, -0.15) is 0 Å². The number of halogens is 1. The summed E-state index contributed by atoms with van der Waals surface area (Å²) >= 11 is 7.27. The number of fused-ring (bicyclic) bond motifs is 1. The van der Waals surface area contributed by atoms with Crippen LogP contribution in [0.3, 0.4) is 0 Å². The second-order valence-corrected chi connectivity index (χ2v) is 7.03. The van der Waals surface area contributed by atoms with Crippen LogP contribution >= 0.6 is 22.9 Å². The van der Waals surface area contributed by atoms with Gasteiger partial charge in [0.2, 0.25) is 5.43 Å². The maximum Gasteiger partial charge on any atom is 0.279 e. The highest BCUT2D eigenvalue weighted by Gasteiger charge is 2.16. The summed E-state index contributed by atoms with van der Waals surface area (Å²) in [4.78, 5) is 29.9. The lowest BCUT2D eigenvalue weighted by Gasteiger charge is -2.10. The molecular weight excluding hydrogens is 374 g/mol. The van der Waals surface area contributed by atoms with Crippen LogP contribution in [0.4, 0.5) is 0 Å². The fraction of sp³-hybridized carbons (Fsp3) is 0.0556. The summed E-state index contributed by atoms with van der Waals surface area (Å²) in [5, 5.41) is 10.9. The smallest absolute Gasteiger partial charge is 0.279 e. The molecule has 0 unspecified atom stereocenters. The Morgan fingerprint density at radius 3 is 2.81 bits per heavy atom. The molecule has 26 heavy (non-hydrogen) atoms. The SMILES string of the molecule is O=c1c(-c2cncs2)cn2ccn(Cc3cccc(Cl)c3)c(=O)c2c1O. The number of thiazole rings is 1. The van der Waals surface area contributed by atoms with Crippen molar-refractivity contribution in [1.29, 1.82) is 0 Å². The molecule has 0 amide bonds. The Kier molecular flexibility index (Phi) is 4.10. The number of rotatable bonds is 3. The zero-order chi connectivity index (χ0) is 18.3. The molecular formula is C18H12ClN3O3S. The molecule has 0 aliphatic rings. The van der Waals surface area contributed by atoms with Crippen molar-refractivity contribution in [3.05, 3.63) is 85.7 Å². The Labute approximate surface area is 156 Å². The van der Waals surface area contributed by atoms with E-state index in [0.717, 1.165) is 5.56 Å². The largest absolute Gasteiger partial charge is 0.503 e. The molecule has 0 radical (unpaired) electrons.